The lowest BCUT2D eigenvalue weighted by molar-refractivity contribution is -0.00629. The van der Waals surface area contributed by atoms with E-state index in [1.54, 1.807) is 0 Å². The number of rotatable bonds is 6. The highest BCUT2D eigenvalue weighted by molar-refractivity contribution is 5.27. The van der Waals surface area contributed by atoms with Crippen molar-refractivity contribution in [2.45, 2.75) is 52.7 Å². The minimum absolute atomic E-state index is 0.240. The molecule has 1 N–H and O–H groups in total. The van der Waals surface area contributed by atoms with Crippen LogP contribution in [0, 0.1) is 0 Å². The third-order valence-corrected chi connectivity index (χ3v) is 3.92. The number of aryl methyl sites for hydroxylation is 1. The van der Waals surface area contributed by atoms with Gasteiger partial charge < -0.3 is 5.11 Å². The summed E-state index contributed by atoms with van der Waals surface area (Å²) in [6.45, 7) is 12.6. The molecule has 0 heterocycles. The number of likely N-dealkylation sites (N-methyl/N-ethyl adjacent to an activating group) is 1. The average molecular weight is 249 g/mol. The fraction of sp³-hybridized carbons (Fsp3) is 0.625. The van der Waals surface area contributed by atoms with Crippen LogP contribution in [0.15, 0.2) is 24.3 Å². The van der Waals surface area contributed by atoms with Gasteiger partial charge in [0.1, 0.15) is 0 Å². The fourth-order valence-electron chi connectivity index (χ4n) is 2.60. The molecule has 102 valence electrons. The summed E-state index contributed by atoms with van der Waals surface area (Å²) in [5.41, 5.74) is 2.06. The second-order valence-electron chi connectivity index (χ2n) is 5.33. The molecule has 1 rings (SSSR count). The Labute approximate surface area is 112 Å². The van der Waals surface area contributed by atoms with Crippen molar-refractivity contribution in [1.82, 2.24) is 4.90 Å². The molecule has 0 saturated carbocycles. The molecular weight excluding hydrogens is 222 g/mol. The first-order chi connectivity index (χ1) is 8.47. The number of aliphatic hydroxyl groups is 1. The Kier molecular flexibility index (Phi) is 5.36. The van der Waals surface area contributed by atoms with Gasteiger partial charge in [-0.2, -0.15) is 0 Å². The molecule has 2 nitrogen and oxygen atoms in total. The van der Waals surface area contributed by atoms with Gasteiger partial charge in [-0.25, -0.2) is 0 Å². The van der Waals surface area contributed by atoms with Crippen LogP contribution in [-0.4, -0.2) is 28.6 Å². The highest BCUT2D eigenvalue weighted by atomic mass is 16.3. The molecule has 18 heavy (non-hydrogen) atoms. The number of hydrogen-bond acceptors (Lipinski definition) is 2. The van der Waals surface area contributed by atoms with E-state index in [0.717, 1.165) is 25.1 Å². The maximum absolute atomic E-state index is 10.7. The minimum Gasteiger partial charge on any atom is -0.386 e. The summed E-state index contributed by atoms with van der Waals surface area (Å²) in [6.07, 6.45) is 0.551. The largest absolute Gasteiger partial charge is 0.386 e. The Morgan fingerprint density at radius 1 is 1.17 bits per heavy atom. The monoisotopic (exact) mass is 249 g/mol. The van der Waals surface area contributed by atoms with Gasteiger partial charge in [-0.1, -0.05) is 45.0 Å². The molecule has 1 unspecified atom stereocenters. The third-order valence-electron chi connectivity index (χ3n) is 3.92. The lowest BCUT2D eigenvalue weighted by Crippen LogP contribution is -2.48. The van der Waals surface area contributed by atoms with Gasteiger partial charge in [0.2, 0.25) is 0 Å². The quantitative estimate of drug-likeness (QED) is 0.835. The topological polar surface area (TPSA) is 23.5 Å². The van der Waals surface area contributed by atoms with E-state index in [1.165, 1.54) is 5.56 Å². The van der Waals surface area contributed by atoms with Gasteiger partial charge >= 0.3 is 0 Å². The van der Waals surface area contributed by atoms with E-state index in [1.807, 2.05) is 12.1 Å². The second kappa shape index (κ2) is 6.35. The van der Waals surface area contributed by atoms with Gasteiger partial charge in [0.05, 0.1) is 6.10 Å². The summed E-state index contributed by atoms with van der Waals surface area (Å²) in [7, 11) is 0. The van der Waals surface area contributed by atoms with Gasteiger partial charge in [0.15, 0.2) is 0 Å². The molecule has 0 spiro atoms. The predicted octanol–water partition coefficient (Wildman–Crippen LogP) is 3.40. The van der Waals surface area contributed by atoms with Crippen molar-refractivity contribution in [3.63, 3.8) is 0 Å². The lowest BCUT2D eigenvalue weighted by atomic mass is 9.88. The van der Waals surface area contributed by atoms with Gasteiger partial charge in [0.25, 0.3) is 0 Å². The molecule has 1 atom stereocenters. The maximum Gasteiger partial charge on any atom is 0.0968 e. The summed E-state index contributed by atoms with van der Waals surface area (Å²) >= 11 is 0. The summed E-state index contributed by atoms with van der Waals surface area (Å²) in [4.78, 5) is 2.30. The molecule has 0 aliphatic heterocycles. The molecular formula is C16H27NO. The molecule has 0 bridgehead atoms. The zero-order valence-electron chi connectivity index (χ0n) is 12.4. The summed E-state index contributed by atoms with van der Waals surface area (Å²) in [5, 5.41) is 10.7. The SMILES string of the molecule is CCc1cccc(C(O)C(C)(C)N(CC)CC)c1. The molecule has 1 aromatic carbocycles. The normalized spacial score (nSPS) is 13.9. The molecule has 0 fully saturated rings. The van der Waals surface area contributed by atoms with E-state index in [0.29, 0.717) is 0 Å². The van der Waals surface area contributed by atoms with Crippen molar-refractivity contribution in [2.75, 3.05) is 13.1 Å². The van der Waals surface area contributed by atoms with Gasteiger partial charge in [-0.15, -0.1) is 0 Å². The molecule has 0 amide bonds. The molecule has 0 aliphatic carbocycles. The van der Waals surface area contributed by atoms with Crippen LogP contribution in [0.4, 0.5) is 0 Å². The first-order valence-corrected chi connectivity index (χ1v) is 6.99. The smallest absolute Gasteiger partial charge is 0.0968 e. The van der Waals surface area contributed by atoms with E-state index in [4.69, 9.17) is 0 Å². The molecule has 1 aromatic rings. The third kappa shape index (κ3) is 3.12. The minimum atomic E-state index is -0.455. The van der Waals surface area contributed by atoms with Crippen molar-refractivity contribution in [3.8, 4) is 0 Å². The number of benzene rings is 1. The first-order valence-electron chi connectivity index (χ1n) is 6.99. The van der Waals surface area contributed by atoms with Crippen molar-refractivity contribution < 1.29 is 5.11 Å². The number of hydrogen-bond donors (Lipinski definition) is 1. The molecule has 0 saturated heterocycles. The maximum atomic E-state index is 10.7. The molecule has 0 aliphatic rings. The zero-order valence-corrected chi connectivity index (χ0v) is 12.4. The molecule has 0 aromatic heterocycles. The van der Waals surface area contributed by atoms with Gasteiger partial charge in [-0.05, 0) is 44.5 Å². The Morgan fingerprint density at radius 3 is 2.28 bits per heavy atom. The van der Waals surface area contributed by atoms with Crippen molar-refractivity contribution >= 4 is 0 Å². The summed E-state index contributed by atoms with van der Waals surface area (Å²) in [5.74, 6) is 0. The van der Waals surface area contributed by atoms with Crippen LogP contribution in [0.25, 0.3) is 0 Å². The first kappa shape index (κ1) is 15.2. The van der Waals surface area contributed by atoms with E-state index in [9.17, 15) is 5.11 Å². The van der Waals surface area contributed by atoms with E-state index in [2.05, 4.69) is 51.7 Å². The van der Waals surface area contributed by atoms with Crippen LogP contribution in [0.5, 0.6) is 0 Å². The van der Waals surface area contributed by atoms with Crippen LogP contribution < -0.4 is 0 Å². The van der Waals surface area contributed by atoms with Crippen LogP contribution in [-0.2, 0) is 6.42 Å². The number of nitrogens with zero attached hydrogens (tertiary/aromatic N) is 1. The van der Waals surface area contributed by atoms with Crippen molar-refractivity contribution in [2.24, 2.45) is 0 Å². The highest BCUT2D eigenvalue weighted by Crippen LogP contribution is 2.31. The average Bonchev–Trinajstić information content (AvgIpc) is 2.39. The van der Waals surface area contributed by atoms with Crippen molar-refractivity contribution in [1.29, 1.82) is 0 Å². The van der Waals surface area contributed by atoms with Crippen LogP contribution in [0.3, 0.4) is 0 Å². The Morgan fingerprint density at radius 2 is 1.78 bits per heavy atom. The highest BCUT2D eigenvalue weighted by Gasteiger charge is 2.33. The van der Waals surface area contributed by atoms with Gasteiger partial charge in [-0.3, -0.25) is 4.90 Å². The Bertz CT molecular complexity index is 369. The second-order valence-corrected chi connectivity index (χ2v) is 5.33. The van der Waals surface area contributed by atoms with E-state index < -0.39 is 6.10 Å². The summed E-state index contributed by atoms with van der Waals surface area (Å²) in [6, 6.07) is 8.29. The van der Waals surface area contributed by atoms with Crippen LogP contribution in [0.1, 0.15) is 51.8 Å². The molecule has 2 heteroatoms. The standard InChI is InChI=1S/C16H27NO/c1-6-13-10-9-11-14(12-13)15(18)16(4,5)17(7-2)8-3/h9-12,15,18H,6-8H2,1-5H3. The van der Waals surface area contributed by atoms with Crippen LogP contribution in [0.2, 0.25) is 0 Å². The predicted molar refractivity (Wildman–Crippen MR) is 77.8 cm³/mol. The number of aliphatic hydroxyl groups excluding tert-OH is 1. The van der Waals surface area contributed by atoms with Crippen LogP contribution >= 0.6 is 0 Å². The zero-order chi connectivity index (χ0) is 13.8. The van der Waals surface area contributed by atoms with E-state index >= 15 is 0 Å². The Balaban J connectivity index is 3.00. The fourth-order valence-corrected chi connectivity index (χ4v) is 2.60. The Hall–Kier alpha value is -0.860. The van der Waals surface area contributed by atoms with Crippen molar-refractivity contribution in [3.05, 3.63) is 35.4 Å². The molecule has 0 radical (unpaired) electrons. The van der Waals surface area contributed by atoms with Gasteiger partial charge in [0, 0.05) is 5.54 Å². The lowest BCUT2D eigenvalue weighted by Gasteiger charge is -2.41. The van der Waals surface area contributed by atoms with E-state index in [-0.39, 0.29) is 5.54 Å². The summed E-state index contributed by atoms with van der Waals surface area (Å²) < 4.78 is 0.